The molecule has 0 saturated heterocycles. The zero-order valence-corrected chi connectivity index (χ0v) is 5.14. The highest BCUT2D eigenvalue weighted by molar-refractivity contribution is 6.82. The van der Waals surface area contributed by atoms with Gasteiger partial charge in [-0.25, -0.2) is 0 Å². The lowest BCUT2D eigenvalue weighted by Crippen LogP contribution is -2.04. The van der Waals surface area contributed by atoms with E-state index in [1.807, 2.05) is 0 Å². The van der Waals surface area contributed by atoms with Crippen molar-refractivity contribution in [2.45, 2.75) is 13.3 Å². The number of carbonyl (C=O) groups excluding carboxylic acids is 1. The van der Waals surface area contributed by atoms with Crippen molar-refractivity contribution in [1.82, 2.24) is 0 Å². The first-order valence-corrected chi connectivity index (χ1v) is 2.51. The lowest BCUT2D eigenvalue weighted by Gasteiger charge is -1.85. The Morgan fingerprint density at radius 1 is 1.88 bits per heavy atom. The fourth-order valence-corrected chi connectivity index (χ4v) is 0.335. The maximum atomic E-state index is 10.3. The molecule has 0 spiro atoms. The summed E-state index contributed by atoms with van der Waals surface area (Å²) >= 11 is 5.07. The van der Waals surface area contributed by atoms with Crippen LogP contribution in [0.25, 0.3) is 0 Å². The van der Waals surface area contributed by atoms with Crippen LogP contribution in [0, 0.1) is 0 Å². The summed E-state index contributed by atoms with van der Waals surface area (Å²) in [4.78, 5) is 10.3. The van der Waals surface area contributed by atoms with Gasteiger partial charge in [0.15, 0.2) is 5.78 Å². The summed E-state index contributed by atoms with van der Waals surface area (Å²) in [6.07, 6.45) is 0.267. The highest BCUT2D eigenvalue weighted by atomic mass is 35.5. The van der Waals surface area contributed by atoms with E-state index in [9.17, 15) is 4.79 Å². The second-order valence-corrected chi connectivity index (χ2v) is 1.53. The Morgan fingerprint density at radius 3 is 2.50 bits per heavy atom. The van der Waals surface area contributed by atoms with Crippen LogP contribution < -0.4 is 0 Å². The number of rotatable bonds is 2. The molecule has 0 heterocycles. The minimum Gasteiger partial charge on any atom is -0.410 e. The number of halogens is 1. The summed E-state index contributed by atoms with van der Waals surface area (Å²) < 4.78 is 0. The Kier molecular flexibility index (Phi) is 3.19. The van der Waals surface area contributed by atoms with Crippen LogP contribution in [0.1, 0.15) is 13.3 Å². The molecular formula is C4H6ClNO2. The van der Waals surface area contributed by atoms with Crippen LogP contribution in [-0.4, -0.2) is 16.2 Å². The van der Waals surface area contributed by atoms with E-state index in [1.54, 1.807) is 6.92 Å². The predicted octanol–water partition coefficient (Wildman–Crippen LogP) is 0.992. The van der Waals surface area contributed by atoms with Gasteiger partial charge in [0.2, 0.25) is 5.17 Å². The largest absolute Gasteiger partial charge is 0.410 e. The maximum Gasteiger partial charge on any atom is 0.211 e. The highest BCUT2D eigenvalue weighted by Crippen LogP contribution is 1.89. The van der Waals surface area contributed by atoms with Gasteiger partial charge in [-0.1, -0.05) is 23.7 Å². The summed E-state index contributed by atoms with van der Waals surface area (Å²) in [6.45, 7) is 1.63. The molecule has 0 rings (SSSR count). The summed E-state index contributed by atoms with van der Waals surface area (Å²) in [5.41, 5.74) is 0. The lowest BCUT2D eigenvalue weighted by atomic mass is 10.3. The Balaban J connectivity index is 3.83. The number of carbonyl (C=O) groups is 1. The van der Waals surface area contributed by atoms with Gasteiger partial charge in [0, 0.05) is 6.42 Å². The van der Waals surface area contributed by atoms with Gasteiger partial charge in [-0.15, -0.1) is 0 Å². The zero-order valence-electron chi connectivity index (χ0n) is 4.39. The van der Waals surface area contributed by atoms with Crippen molar-refractivity contribution in [2.24, 2.45) is 5.16 Å². The van der Waals surface area contributed by atoms with E-state index >= 15 is 0 Å². The van der Waals surface area contributed by atoms with Crippen LogP contribution in [0.3, 0.4) is 0 Å². The quantitative estimate of drug-likeness (QED) is 0.349. The molecule has 0 aromatic heterocycles. The number of nitrogens with zero attached hydrogens (tertiary/aromatic N) is 1. The van der Waals surface area contributed by atoms with Crippen molar-refractivity contribution in [3.05, 3.63) is 0 Å². The maximum absolute atomic E-state index is 10.3. The average Bonchev–Trinajstić information content (AvgIpc) is 1.84. The van der Waals surface area contributed by atoms with Gasteiger partial charge in [-0.3, -0.25) is 4.79 Å². The van der Waals surface area contributed by atoms with Crippen molar-refractivity contribution in [3.63, 3.8) is 0 Å². The summed E-state index contributed by atoms with van der Waals surface area (Å²) in [5.74, 6) is -0.353. The first kappa shape index (κ1) is 7.43. The lowest BCUT2D eigenvalue weighted by molar-refractivity contribution is -0.112. The van der Waals surface area contributed by atoms with Crippen LogP contribution in [0.5, 0.6) is 0 Å². The molecule has 0 radical (unpaired) electrons. The summed E-state index contributed by atoms with van der Waals surface area (Å²) in [7, 11) is 0. The fraction of sp³-hybridized carbons (Fsp3) is 0.500. The average molecular weight is 136 g/mol. The van der Waals surface area contributed by atoms with Gasteiger partial charge in [0.25, 0.3) is 0 Å². The van der Waals surface area contributed by atoms with Crippen LogP contribution >= 0.6 is 11.6 Å². The van der Waals surface area contributed by atoms with Crippen molar-refractivity contribution in [2.75, 3.05) is 0 Å². The third-order valence-electron chi connectivity index (χ3n) is 0.639. The minimum absolute atomic E-state index is 0.267. The third-order valence-corrected chi connectivity index (χ3v) is 0.925. The SMILES string of the molecule is CCC(=O)C(Cl)=NO. The number of oxime groups is 1. The molecule has 0 fully saturated rings. The van der Waals surface area contributed by atoms with E-state index in [4.69, 9.17) is 16.8 Å². The first-order chi connectivity index (χ1) is 3.72. The van der Waals surface area contributed by atoms with Gasteiger partial charge in [-0.2, -0.15) is 0 Å². The molecular weight excluding hydrogens is 130 g/mol. The normalized spacial score (nSPS) is 11.5. The topological polar surface area (TPSA) is 49.7 Å². The van der Waals surface area contributed by atoms with E-state index in [0.717, 1.165) is 0 Å². The van der Waals surface area contributed by atoms with Gasteiger partial charge in [0.05, 0.1) is 0 Å². The second-order valence-electron chi connectivity index (χ2n) is 1.17. The molecule has 0 amide bonds. The standard InChI is InChI=1S/C4H6ClNO2/c1-2-3(7)4(5)6-8/h8H,2H2,1H3. The molecule has 0 unspecified atom stereocenters. The molecule has 3 nitrogen and oxygen atoms in total. The highest BCUT2D eigenvalue weighted by Gasteiger charge is 2.03. The minimum atomic E-state index is -0.354. The van der Waals surface area contributed by atoms with Gasteiger partial charge < -0.3 is 5.21 Å². The number of ketones is 1. The molecule has 0 aromatic carbocycles. The van der Waals surface area contributed by atoms with E-state index in [0.29, 0.717) is 0 Å². The molecule has 0 atom stereocenters. The van der Waals surface area contributed by atoms with Crippen LogP contribution in [-0.2, 0) is 4.79 Å². The summed E-state index contributed by atoms with van der Waals surface area (Å²) in [6, 6.07) is 0. The Morgan fingerprint density at radius 2 is 2.38 bits per heavy atom. The molecule has 1 N–H and O–H groups in total. The molecule has 0 bridgehead atoms. The Hall–Kier alpha value is -0.570. The monoisotopic (exact) mass is 135 g/mol. The van der Waals surface area contributed by atoms with E-state index < -0.39 is 0 Å². The smallest absolute Gasteiger partial charge is 0.211 e. The van der Waals surface area contributed by atoms with E-state index in [2.05, 4.69) is 5.16 Å². The van der Waals surface area contributed by atoms with Crippen LogP contribution in [0.4, 0.5) is 0 Å². The molecule has 0 aliphatic rings. The molecule has 46 valence electrons. The van der Waals surface area contributed by atoms with Crippen molar-refractivity contribution in [1.29, 1.82) is 0 Å². The molecule has 8 heavy (non-hydrogen) atoms. The molecule has 0 saturated carbocycles. The van der Waals surface area contributed by atoms with Gasteiger partial charge >= 0.3 is 0 Å². The second kappa shape index (κ2) is 3.43. The van der Waals surface area contributed by atoms with Crippen molar-refractivity contribution >= 4 is 22.6 Å². The number of Topliss-reactive ketones (excluding diaryl/α,β-unsaturated/α-hetero) is 1. The first-order valence-electron chi connectivity index (χ1n) is 2.13. The Labute approximate surface area is 51.9 Å². The van der Waals surface area contributed by atoms with Gasteiger partial charge in [-0.05, 0) is 0 Å². The van der Waals surface area contributed by atoms with Crippen LogP contribution in [0.2, 0.25) is 0 Å². The predicted molar refractivity (Wildman–Crippen MR) is 30.4 cm³/mol. The van der Waals surface area contributed by atoms with E-state index in [1.165, 1.54) is 0 Å². The molecule has 0 aliphatic heterocycles. The zero-order chi connectivity index (χ0) is 6.57. The number of hydrogen-bond acceptors (Lipinski definition) is 3. The summed E-state index contributed by atoms with van der Waals surface area (Å²) in [5, 5.41) is 10.0. The molecule has 0 aromatic rings. The van der Waals surface area contributed by atoms with Crippen LogP contribution in [0.15, 0.2) is 5.16 Å². The Bertz CT molecular complexity index is 121. The molecule has 4 heteroatoms. The van der Waals surface area contributed by atoms with Crippen molar-refractivity contribution < 1.29 is 10.0 Å². The molecule has 0 aliphatic carbocycles. The van der Waals surface area contributed by atoms with Crippen molar-refractivity contribution in [3.8, 4) is 0 Å². The number of hydrogen-bond donors (Lipinski definition) is 1. The van der Waals surface area contributed by atoms with E-state index in [-0.39, 0.29) is 17.4 Å². The van der Waals surface area contributed by atoms with Gasteiger partial charge in [0.1, 0.15) is 0 Å². The third kappa shape index (κ3) is 1.93. The fourth-order valence-electron chi connectivity index (χ4n) is 0.202.